The average Bonchev–Trinajstić information content (AvgIpc) is 3.13. The molecule has 1 aromatic heterocycles. The Balaban J connectivity index is 1.50. The van der Waals surface area contributed by atoms with E-state index in [1.54, 1.807) is 6.20 Å². The maximum atomic E-state index is 12.6. The number of nitrogens with one attached hydrogen (secondary N) is 1. The number of rotatable bonds is 7. The Labute approximate surface area is 136 Å². The molecule has 6 heteroatoms. The number of nitrogens with zero attached hydrogens (tertiary/aromatic N) is 4. The second kappa shape index (κ2) is 6.95. The van der Waals surface area contributed by atoms with Crippen LogP contribution < -0.4 is 5.32 Å². The molecule has 1 aliphatic carbocycles. The van der Waals surface area contributed by atoms with E-state index in [0.717, 1.165) is 38.5 Å². The molecule has 1 aliphatic heterocycles. The quantitative estimate of drug-likeness (QED) is 0.786. The van der Waals surface area contributed by atoms with E-state index in [4.69, 9.17) is 6.42 Å². The lowest BCUT2D eigenvalue weighted by molar-refractivity contribution is -0.127. The number of terminal acetylenes is 1. The van der Waals surface area contributed by atoms with Gasteiger partial charge in [0.25, 0.3) is 0 Å². The summed E-state index contributed by atoms with van der Waals surface area (Å²) in [6.07, 6.45) is 15.4. The van der Waals surface area contributed by atoms with Gasteiger partial charge in [-0.05, 0) is 18.9 Å². The van der Waals surface area contributed by atoms with Crippen molar-refractivity contribution in [3.8, 4) is 12.3 Å². The van der Waals surface area contributed by atoms with E-state index in [1.165, 1.54) is 0 Å². The molecular formula is C17H23N5O. The van der Waals surface area contributed by atoms with Crippen molar-refractivity contribution in [2.24, 2.45) is 16.1 Å². The standard InChI is InChI=1S/C17H23N5O/c1-2-3-9-17(20-21-17)10-12-18-16(23)14-7-4-5-8-15(14)22-13-6-11-19-22/h1,6,11,13-15H,3-5,7-10,12H2,(H,18,23). The van der Waals surface area contributed by atoms with Crippen molar-refractivity contribution < 1.29 is 4.79 Å². The summed E-state index contributed by atoms with van der Waals surface area (Å²) in [5.41, 5.74) is -0.326. The van der Waals surface area contributed by atoms with Crippen LogP contribution in [0.25, 0.3) is 0 Å². The third kappa shape index (κ3) is 3.79. The fourth-order valence-electron chi connectivity index (χ4n) is 3.40. The molecule has 1 saturated carbocycles. The number of hydrogen-bond acceptors (Lipinski definition) is 4. The van der Waals surface area contributed by atoms with E-state index in [0.29, 0.717) is 13.0 Å². The molecule has 23 heavy (non-hydrogen) atoms. The zero-order chi connectivity index (χ0) is 16.1. The van der Waals surface area contributed by atoms with Crippen LogP contribution in [0.3, 0.4) is 0 Å². The minimum atomic E-state index is -0.326. The summed E-state index contributed by atoms with van der Waals surface area (Å²) in [7, 11) is 0. The first kappa shape index (κ1) is 15.7. The maximum absolute atomic E-state index is 12.6. The SMILES string of the molecule is C#CCCC1(CCNC(=O)C2CCCCC2n2cccn2)N=N1. The first-order valence-electron chi connectivity index (χ1n) is 8.38. The molecule has 0 spiro atoms. The monoisotopic (exact) mass is 313 g/mol. The van der Waals surface area contributed by atoms with E-state index in [1.807, 2.05) is 16.9 Å². The zero-order valence-electron chi connectivity index (χ0n) is 13.3. The molecule has 6 nitrogen and oxygen atoms in total. The summed E-state index contributed by atoms with van der Waals surface area (Å²) in [5, 5.41) is 15.6. The molecule has 0 aromatic carbocycles. The molecular weight excluding hydrogens is 290 g/mol. The maximum Gasteiger partial charge on any atom is 0.225 e. The highest BCUT2D eigenvalue weighted by Gasteiger charge is 2.39. The van der Waals surface area contributed by atoms with Crippen LogP contribution in [0, 0.1) is 18.3 Å². The molecule has 1 fully saturated rings. The average molecular weight is 313 g/mol. The lowest BCUT2D eigenvalue weighted by Gasteiger charge is -2.30. The Kier molecular flexibility index (Phi) is 4.75. The second-order valence-electron chi connectivity index (χ2n) is 6.37. The third-order valence-electron chi connectivity index (χ3n) is 4.81. The van der Waals surface area contributed by atoms with E-state index in [-0.39, 0.29) is 23.5 Å². The normalized spacial score (nSPS) is 24.8. The summed E-state index contributed by atoms with van der Waals surface area (Å²) >= 11 is 0. The number of aromatic nitrogens is 2. The Hall–Kier alpha value is -2.16. The lowest BCUT2D eigenvalue weighted by atomic mass is 9.84. The Morgan fingerprint density at radius 3 is 2.87 bits per heavy atom. The number of carbonyl (C=O) groups excluding carboxylic acids is 1. The minimum Gasteiger partial charge on any atom is -0.356 e. The van der Waals surface area contributed by atoms with Gasteiger partial charge in [-0.3, -0.25) is 9.48 Å². The molecule has 0 saturated heterocycles. The van der Waals surface area contributed by atoms with Gasteiger partial charge in [-0.25, -0.2) is 0 Å². The van der Waals surface area contributed by atoms with Crippen molar-refractivity contribution in [2.45, 2.75) is 56.7 Å². The summed E-state index contributed by atoms with van der Waals surface area (Å²) < 4.78 is 1.93. The first-order chi connectivity index (χ1) is 11.2. The fourth-order valence-corrected chi connectivity index (χ4v) is 3.40. The first-order valence-corrected chi connectivity index (χ1v) is 8.38. The predicted octanol–water partition coefficient (Wildman–Crippen LogP) is 2.70. The highest BCUT2D eigenvalue weighted by Crippen LogP contribution is 2.36. The molecule has 0 radical (unpaired) electrons. The molecule has 0 bridgehead atoms. The van der Waals surface area contributed by atoms with Crippen molar-refractivity contribution in [1.29, 1.82) is 0 Å². The van der Waals surface area contributed by atoms with Crippen molar-refractivity contribution in [3.05, 3.63) is 18.5 Å². The fraction of sp³-hybridized carbons (Fsp3) is 0.647. The van der Waals surface area contributed by atoms with Crippen molar-refractivity contribution in [3.63, 3.8) is 0 Å². The molecule has 122 valence electrons. The summed E-state index contributed by atoms with van der Waals surface area (Å²) in [5.74, 6) is 2.74. The molecule has 2 heterocycles. The Morgan fingerprint density at radius 2 is 2.17 bits per heavy atom. The van der Waals surface area contributed by atoms with Gasteiger partial charge in [-0.1, -0.05) is 12.8 Å². The van der Waals surface area contributed by atoms with Crippen LogP contribution in [-0.2, 0) is 4.79 Å². The van der Waals surface area contributed by atoms with Gasteiger partial charge in [0.15, 0.2) is 5.66 Å². The van der Waals surface area contributed by atoms with Crippen LogP contribution in [0.1, 0.15) is 51.0 Å². The highest BCUT2D eigenvalue weighted by atomic mass is 16.1. The van der Waals surface area contributed by atoms with Crippen LogP contribution in [0.15, 0.2) is 28.7 Å². The van der Waals surface area contributed by atoms with E-state index in [9.17, 15) is 4.79 Å². The topological polar surface area (TPSA) is 71.6 Å². The van der Waals surface area contributed by atoms with E-state index in [2.05, 4.69) is 26.6 Å². The van der Waals surface area contributed by atoms with E-state index >= 15 is 0 Å². The molecule has 2 unspecified atom stereocenters. The lowest BCUT2D eigenvalue weighted by Crippen LogP contribution is -2.39. The smallest absolute Gasteiger partial charge is 0.225 e. The molecule has 2 aliphatic rings. The molecule has 1 amide bonds. The van der Waals surface area contributed by atoms with Gasteiger partial charge in [0.2, 0.25) is 5.91 Å². The molecule has 3 rings (SSSR count). The van der Waals surface area contributed by atoms with Gasteiger partial charge in [0, 0.05) is 38.2 Å². The number of carbonyl (C=O) groups is 1. The van der Waals surface area contributed by atoms with Crippen LogP contribution in [0.5, 0.6) is 0 Å². The summed E-state index contributed by atoms with van der Waals surface area (Å²) in [6, 6.07) is 2.08. The van der Waals surface area contributed by atoms with Gasteiger partial charge >= 0.3 is 0 Å². The number of amides is 1. The molecule has 1 aromatic rings. The highest BCUT2D eigenvalue weighted by molar-refractivity contribution is 5.79. The Bertz CT molecular complexity index is 595. The number of hydrogen-bond donors (Lipinski definition) is 1. The van der Waals surface area contributed by atoms with Gasteiger partial charge in [0.1, 0.15) is 0 Å². The van der Waals surface area contributed by atoms with Crippen molar-refractivity contribution in [1.82, 2.24) is 15.1 Å². The summed E-state index contributed by atoms with van der Waals surface area (Å²) in [6.45, 7) is 0.596. The minimum absolute atomic E-state index is 0.00149. The Morgan fingerprint density at radius 1 is 1.35 bits per heavy atom. The molecule has 1 N–H and O–H groups in total. The largest absolute Gasteiger partial charge is 0.356 e. The van der Waals surface area contributed by atoms with Gasteiger partial charge in [-0.15, -0.1) is 12.3 Å². The van der Waals surface area contributed by atoms with Crippen LogP contribution in [-0.4, -0.2) is 27.9 Å². The zero-order valence-corrected chi connectivity index (χ0v) is 13.3. The van der Waals surface area contributed by atoms with Crippen molar-refractivity contribution >= 4 is 5.91 Å². The van der Waals surface area contributed by atoms with Gasteiger partial charge < -0.3 is 5.32 Å². The van der Waals surface area contributed by atoms with Crippen LogP contribution in [0.2, 0.25) is 0 Å². The van der Waals surface area contributed by atoms with Gasteiger partial charge in [-0.2, -0.15) is 15.3 Å². The van der Waals surface area contributed by atoms with Crippen LogP contribution in [0.4, 0.5) is 0 Å². The van der Waals surface area contributed by atoms with Crippen molar-refractivity contribution in [2.75, 3.05) is 6.54 Å². The predicted molar refractivity (Wildman–Crippen MR) is 86.5 cm³/mol. The second-order valence-corrected chi connectivity index (χ2v) is 6.37. The third-order valence-corrected chi connectivity index (χ3v) is 4.81. The van der Waals surface area contributed by atoms with Crippen LogP contribution >= 0.6 is 0 Å². The van der Waals surface area contributed by atoms with Gasteiger partial charge in [0.05, 0.1) is 12.0 Å². The summed E-state index contributed by atoms with van der Waals surface area (Å²) in [4.78, 5) is 12.6. The molecule has 2 atom stereocenters. The van der Waals surface area contributed by atoms with E-state index < -0.39 is 0 Å².